The van der Waals surface area contributed by atoms with Gasteiger partial charge in [0.15, 0.2) is 17.3 Å². The highest BCUT2D eigenvalue weighted by atomic mass is 32.1. The molecule has 0 aliphatic heterocycles. The minimum atomic E-state index is -0.325. The molecular formula is C20H17N5O3S. The molecule has 0 aliphatic rings. The van der Waals surface area contributed by atoms with Crippen molar-refractivity contribution >= 4 is 22.9 Å². The second kappa shape index (κ2) is 8.11. The molecule has 146 valence electrons. The molecule has 0 aliphatic carbocycles. The molecule has 1 amide bonds. The number of hydrogen-bond donors (Lipinski definition) is 1. The van der Waals surface area contributed by atoms with Crippen molar-refractivity contribution in [2.45, 2.75) is 0 Å². The van der Waals surface area contributed by atoms with Gasteiger partial charge < -0.3 is 14.8 Å². The van der Waals surface area contributed by atoms with Gasteiger partial charge in [-0.25, -0.2) is 14.6 Å². The van der Waals surface area contributed by atoms with Gasteiger partial charge in [-0.15, -0.1) is 11.3 Å². The molecule has 1 aromatic carbocycles. The van der Waals surface area contributed by atoms with Crippen molar-refractivity contribution in [3.05, 3.63) is 66.1 Å². The summed E-state index contributed by atoms with van der Waals surface area (Å²) in [5.74, 6) is 1.44. The summed E-state index contributed by atoms with van der Waals surface area (Å²) in [5.41, 5.74) is 1.70. The molecule has 0 radical (unpaired) electrons. The summed E-state index contributed by atoms with van der Waals surface area (Å²) in [4.78, 5) is 21.5. The summed E-state index contributed by atoms with van der Waals surface area (Å²) < 4.78 is 12.2. The van der Waals surface area contributed by atoms with E-state index in [4.69, 9.17) is 9.47 Å². The van der Waals surface area contributed by atoms with E-state index in [1.165, 1.54) is 11.3 Å². The molecule has 0 spiro atoms. The van der Waals surface area contributed by atoms with Crippen molar-refractivity contribution < 1.29 is 14.3 Å². The van der Waals surface area contributed by atoms with Gasteiger partial charge in [-0.2, -0.15) is 5.10 Å². The molecule has 1 N–H and O–H groups in total. The summed E-state index contributed by atoms with van der Waals surface area (Å²) in [6.45, 7) is 0. The number of thiazole rings is 1. The Balaban J connectivity index is 1.57. The molecule has 9 heteroatoms. The number of rotatable bonds is 6. The van der Waals surface area contributed by atoms with Gasteiger partial charge in [-0.1, -0.05) is 0 Å². The lowest BCUT2D eigenvalue weighted by atomic mass is 10.2. The first-order valence-electron chi connectivity index (χ1n) is 8.64. The molecular weight excluding hydrogens is 390 g/mol. The van der Waals surface area contributed by atoms with Gasteiger partial charge in [-0.05, 0) is 36.4 Å². The third kappa shape index (κ3) is 3.81. The molecule has 4 aromatic rings. The number of nitrogens with one attached hydrogen (secondary N) is 1. The summed E-state index contributed by atoms with van der Waals surface area (Å²) >= 11 is 1.37. The number of amides is 1. The van der Waals surface area contributed by atoms with E-state index in [-0.39, 0.29) is 5.91 Å². The molecule has 4 rings (SSSR count). The Labute approximate surface area is 170 Å². The second-order valence-electron chi connectivity index (χ2n) is 5.89. The van der Waals surface area contributed by atoms with Crippen LogP contribution in [0.25, 0.3) is 16.4 Å². The maximum atomic E-state index is 12.7. The van der Waals surface area contributed by atoms with Gasteiger partial charge in [0.1, 0.15) is 10.7 Å². The lowest BCUT2D eigenvalue weighted by Gasteiger charge is -2.09. The van der Waals surface area contributed by atoms with Gasteiger partial charge in [0.2, 0.25) is 0 Å². The Kier molecular flexibility index (Phi) is 5.21. The van der Waals surface area contributed by atoms with Crippen molar-refractivity contribution in [2.24, 2.45) is 0 Å². The third-order valence-electron chi connectivity index (χ3n) is 4.12. The van der Waals surface area contributed by atoms with E-state index in [1.54, 1.807) is 67.1 Å². The molecule has 0 saturated carbocycles. The largest absolute Gasteiger partial charge is 0.493 e. The number of pyridine rings is 1. The van der Waals surface area contributed by atoms with Gasteiger partial charge in [0, 0.05) is 29.5 Å². The molecule has 0 bridgehead atoms. The van der Waals surface area contributed by atoms with Gasteiger partial charge >= 0.3 is 0 Å². The van der Waals surface area contributed by atoms with Crippen LogP contribution >= 0.6 is 11.3 Å². The van der Waals surface area contributed by atoms with Crippen LogP contribution < -0.4 is 14.8 Å². The minimum absolute atomic E-state index is 0.315. The van der Waals surface area contributed by atoms with Crippen molar-refractivity contribution in [1.29, 1.82) is 0 Å². The fraction of sp³-hybridized carbons (Fsp3) is 0.100. The molecule has 0 atom stereocenters. The van der Waals surface area contributed by atoms with Crippen molar-refractivity contribution in [3.8, 4) is 27.9 Å². The van der Waals surface area contributed by atoms with Crippen LogP contribution in [0.1, 0.15) is 10.5 Å². The number of ether oxygens (including phenoxy) is 2. The van der Waals surface area contributed by atoms with Gasteiger partial charge in [0.05, 0.1) is 19.9 Å². The minimum Gasteiger partial charge on any atom is -0.493 e. The van der Waals surface area contributed by atoms with Crippen LogP contribution in [0.4, 0.5) is 5.69 Å². The Bertz CT molecular complexity index is 1140. The highest BCUT2D eigenvalue weighted by Gasteiger charge is 2.16. The number of hydrogen-bond acceptors (Lipinski definition) is 7. The van der Waals surface area contributed by atoms with Crippen LogP contribution in [0.15, 0.2) is 60.4 Å². The first-order chi connectivity index (χ1) is 14.2. The van der Waals surface area contributed by atoms with Crippen LogP contribution in [0.2, 0.25) is 0 Å². The lowest BCUT2D eigenvalue weighted by Crippen LogP contribution is -2.15. The average Bonchev–Trinajstić information content (AvgIpc) is 3.46. The van der Waals surface area contributed by atoms with E-state index in [9.17, 15) is 4.79 Å². The SMILES string of the molecule is COc1ccc(-c2nc(C(=O)Nc3cccnc3-n3cccn3)cs2)cc1OC. The predicted octanol–water partition coefficient (Wildman–Crippen LogP) is 3.66. The Morgan fingerprint density at radius 1 is 1.10 bits per heavy atom. The van der Waals surface area contributed by atoms with E-state index in [2.05, 4.69) is 20.4 Å². The van der Waals surface area contributed by atoms with Gasteiger partial charge in [0.25, 0.3) is 5.91 Å². The monoisotopic (exact) mass is 407 g/mol. The summed E-state index contributed by atoms with van der Waals surface area (Å²) in [6.07, 6.45) is 5.05. The molecule has 0 saturated heterocycles. The number of carbonyl (C=O) groups is 1. The van der Waals surface area contributed by atoms with Gasteiger partial charge in [-0.3, -0.25) is 4.79 Å². The highest BCUT2D eigenvalue weighted by Crippen LogP contribution is 2.33. The number of carbonyl (C=O) groups excluding carboxylic acids is 1. The maximum Gasteiger partial charge on any atom is 0.275 e. The van der Waals surface area contributed by atoms with Crippen LogP contribution in [0.5, 0.6) is 11.5 Å². The Morgan fingerprint density at radius 2 is 1.97 bits per heavy atom. The lowest BCUT2D eigenvalue weighted by molar-refractivity contribution is 0.102. The summed E-state index contributed by atoms with van der Waals surface area (Å²) in [5, 5.41) is 9.44. The molecule has 0 unspecified atom stereocenters. The van der Waals surface area contributed by atoms with E-state index in [1.807, 2.05) is 12.1 Å². The van der Waals surface area contributed by atoms with Crippen LogP contribution in [0, 0.1) is 0 Å². The Hall–Kier alpha value is -3.72. The first-order valence-corrected chi connectivity index (χ1v) is 9.52. The summed E-state index contributed by atoms with van der Waals surface area (Å²) in [7, 11) is 3.16. The molecule has 29 heavy (non-hydrogen) atoms. The van der Waals surface area contributed by atoms with E-state index < -0.39 is 0 Å². The first kappa shape index (κ1) is 18.6. The van der Waals surface area contributed by atoms with E-state index in [0.29, 0.717) is 33.7 Å². The number of methoxy groups -OCH3 is 2. The number of anilines is 1. The molecule has 3 aromatic heterocycles. The van der Waals surface area contributed by atoms with Crippen LogP contribution in [-0.2, 0) is 0 Å². The number of aromatic nitrogens is 4. The fourth-order valence-corrected chi connectivity index (χ4v) is 3.53. The fourth-order valence-electron chi connectivity index (χ4n) is 2.74. The maximum absolute atomic E-state index is 12.7. The second-order valence-corrected chi connectivity index (χ2v) is 6.75. The molecule has 0 fully saturated rings. The number of benzene rings is 1. The zero-order valence-corrected chi connectivity index (χ0v) is 16.5. The smallest absolute Gasteiger partial charge is 0.275 e. The van der Waals surface area contributed by atoms with Crippen molar-refractivity contribution in [1.82, 2.24) is 19.7 Å². The summed E-state index contributed by atoms with van der Waals surface area (Å²) in [6, 6.07) is 10.8. The zero-order valence-electron chi connectivity index (χ0n) is 15.7. The van der Waals surface area contributed by atoms with E-state index >= 15 is 0 Å². The quantitative estimate of drug-likeness (QED) is 0.525. The number of nitrogens with zero attached hydrogens (tertiary/aromatic N) is 4. The predicted molar refractivity (Wildman–Crippen MR) is 110 cm³/mol. The van der Waals surface area contributed by atoms with E-state index in [0.717, 1.165) is 5.56 Å². The van der Waals surface area contributed by atoms with Crippen molar-refractivity contribution in [3.63, 3.8) is 0 Å². The van der Waals surface area contributed by atoms with Crippen LogP contribution in [0.3, 0.4) is 0 Å². The average molecular weight is 407 g/mol. The third-order valence-corrected chi connectivity index (χ3v) is 5.01. The Morgan fingerprint density at radius 3 is 2.72 bits per heavy atom. The molecule has 8 nitrogen and oxygen atoms in total. The zero-order chi connectivity index (χ0) is 20.2. The standard InChI is InChI=1S/C20H17N5O3S/c1-27-16-7-6-13(11-17(16)28-2)20-24-15(12-29-20)19(26)23-14-5-3-8-21-18(14)25-10-4-9-22-25/h3-12H,1-2H3,(H,23,26). The van der Waals surface area contributed by atoms with Crippen LogP contribution in [-0.4, -0.2) is 39.9 Å². The topological polar surface area (TPSA) is 91.2 Å². The molecule has 3 heterocycles. The normalized spacial score (nSPS) is 10.6. The van der Waals surface area contributed by atoms with Crippen molar-refractivity contribution in [2.75, 3.05) is 19.5 Å². The highest BCUT2D eigenvalue weighted by molar-refractivity contribution is 7.13.